The van der Waals surface area contributed by atoms with Gasteiger partial charge in [0.2, 0.25) is 5.43 Å². The van der Waals surface area contributed by atoms with E-state index >= 15 is 0 Å². The molecule has 0 atom stereocenters. The lowest BCUT2D eigenvalue weighted by Gasteiger charge is -2.12. The number of rotatable bonds is 6. The van der Waals surface area contributed by atoms with Crippen LogP contribution in [0, 0.1) is 6.92 Å². The molecule has 0 spiro atoms. The maximum absolute atomic E-state index is 13.0. The van der Waals surface area contributed by atoms with Crippen LogP contribution in [-0.4, -0.2) is 12.1 Å². The fourth-order valence-electron chi connectivity index (χ4n) is 3.12. The Kier molecular flexibility index (Phi) is 5.36. The van der Waals surface area contributed by atoms with Crippen LogP contribution >= 0.6 is 11.3 Å². The van der Waals surface area contributed by atoms with E-state index < -0.39 is 0 Å². The van der Waals surface area contributed by atoms with Crippen molar-refractivity contribution in [1.82, 2.24) is 4.98 Å². The van der Waals surface area contributed by atoms with E-state index in [0.29, 0.717) is 28.1 Å². The number of hydrogen-bond acceptors (Lipinski definition) is 6. The van der Waals surface area contributed by atoms with Crippen LogP contribution < -0.4 is 14.9 Å². The molecule has 5 nitrogen and oxygen atoms in total. The molecule has 0 bridgehead atoms. The predicted molar refractivity (Wildman–Crippen MR) is 115 cm³/mol. The highest BCUT2D eigenvalue weighted by atomic mass is 32.1. The molecule has 0 aliphatic heterocycles. The second-order valence-electron chi connectivity index (χ2n) is 6.72. The molecule has 0 N–H and O–H groups in total. The molecule has 2 aromatic carbocycles. The lowest BCUT2D eigenvalue weighted by atomic mass is 10.1. The van der Waals surface area contributed by atoms with Crippen LogP contribution in [0.15, 0.2) is 57.3 Å². The second kappa shape index (κ2) is 8.09. The van der Waals surface area contributed by atoms with Crippen molar-refractivity contribution in [3.63, 3.8) is 0 Å². The Labute approximate surface area is 172 Å². The van der Waals surface area contributed by atoms with Gasteiger partial charge in [-0.25, -0.2) is 4.98 Å². The minimum Gasteiger partial charge on any atom is -0.497 e. The summed E-state index contributed by atoms with van der Waals surface area (Å²) in [5.74, 6) is 1.53. The van der Waals surface area contributed by atoms with Gasteiger partial charge in [0.1, 0.15) is 35.0 Å². The van der Waals surface area contributed by atoms with Crippen molar-refractivity contribution >= 4 is 22.3 Å². The van der Waals surface area contributed by atoms with E-state index in [0.717, 1.165) is 34.7 Å². The smallest absolute Gasteiger partial charge is 0.202 e. The zero-order valence-corrected chi connectivity index (χ0v) is 17.3. The van der Waals surface area contributed by atoms with E-state index in [1.807, 2.05) is 49.6 Å². The minimum atomic E-state index is -0.0722. The highest BCUT2D eigenvalue weighted by Crippen LogP contribution is 2.29. The summed E-state index contributed by atoms with van der Waals surface area (Å²) in [4.78, 5) is 17.4. The van der Waals surface area contributed by atoms with Crippen molar-refractivity contribution in [2.24, 2.45) is 0 Å². The lowest BCUT2D eigenvalue weighted by Crippen LogP contribution is -2.06. The molecule has 2 aromatic heterocycles. The van der Waals surface area contributed by atoms with Crippen molar-refractivity contribution in [3.8, 4) is 22.1 Å². The van der Waals surface area contributed by atoms with Gasteiger partial charge in [0.15, 0.2) is 0 Å². The zero-order valence-electron chi connectivity index (χ0n) is 16.5. The van der Waals surface area contributed by atoms with Crippen LogP contribution in [0.5, 0.6) is 11.5 Å². The molecule has 4 aromatic rings. The van der Waals surface area contributed by atoms with E-state index in [-0.39, 0.29) is 5.43 Å². The van der Waals surface area contributed by atoms with Crippen LogP contribution in [-0.2, 0) is 13.0 Å². The first-order valence-electron chi connectivity index (χ1n) is 9.35. The summed E-state index contributed by atoms with van der Waals surface area (Å²) in [6.07, 6.45) is 2.23. The number of fused-ring (bicyclic) bond motifs is 1. The highest BCUT2D eigenvalue weighted by molar-refractivity contribution is 7.13. The molecule has 0 aliphatic carbocycles. The number of ether oxygens (including phenoxy) is 2. The lowest BCUT2D eigenvalue weighted by molar-refractivity contribution is 0.303. The fraction of sp³-hybridized carbons (Fsp3) is 0.217. The first-order chi connectivity index (χ1) is 14.1. The van der Waals surface area contributed by atoms with E-state index in [1.165, 1.54) is 17.6 Å². The van der Waals surface area contributed by atoms with Gasteiger partial charge in [-0.15, -0.1) is 11.3 Å². The Morgan fingerprint density at radius 3 is 2.62 bits per heavy atom. The normalized spacial score (nSPS) is 11.0. The monoisotopic (exact) mass is 407 g/mol. The maximum atomic E-state index is 13.0. The van der Waals surface area contributed by atoms with Gasteiger partial charge < -0.3 is 13.9 Å². The van der Waals surface area contributed by atoms with Crippen LogP contribution in [0.1, 0.15) is 23.7 Å². The average molecular weight is 407 g/mol. The van der Waals surface area contributed by atoms with E-state index in [4.69, 9.17) is 13.9 Å². The van der Waals surface area contributed by atoms with Crippen LogP contribution in [0.25, 0.3) is 21.5 Å². The number of aromatic nitrogens is 1. The first-order valence-corrected chi connectivity index (χ1v) is 10.2. The molecule has 6 heteroatoms. The fourth-order valence-corrected chi connectivity index (χ4v) is 3.92. The third-order valence-electron chi connectivity index (χ3n) is 4.74. The van der Waals surface area contributed by atoms with Crippen molar-refractivity contribution in [2.75, 3.05) is 7.11 Å². The van der Waals surface area contributed by atoms with E-state index in [9.17, 15) is 4.79 Å². The Morgan fingerprint density at radius 2 is 1.97 bits per heavy atom. The first kappa shape index (κ1) is 19.2. The average Bonchev–Trinajstić information content (AvgIpc) is 3.18. The number of hydrogen-bond donors (Lipinski definition) is 0. The molecule has 0 amide bonds. The summed E-state index contributed by atoms with van der Waals surface area (Å²) in [6, 6.07) is 11.4. The molecule has 0 saturated carbocycles. The maximum Gasteiger partial charge on any atom is 0.202 e. The van der Waals surface area contributed by atoms with Crippen LogP contribution in [0.3, 0.4) is 0 Å². The molecule has 0 unspecified atom stereocenters. The Balaban J connectivity index is 1.67. The van der Waals surface area contributed by atoms with E-state index in [1.54, 1.807) is 13.2 Å². The number of benzene rings is 2. The molecule has 148 valence electrons. The van der Waals surface area contributed by atoms with Gasteiger partial charge in [-0.2, -0.15) is 0 Å². The van der Waals surface area contributed by atoms with E-state index in [2.05, 4.69) is 4.98 Å². The number of aryl methyl sites for hydroxylation is 2. The standard InChI is InChI=1S/C23H21NO4S/c1-4-16-9-18-21(28-12-19(22(18)25)23-24-14(2)13-29-23)10-20(16)27-11-15-5-7-17(26-3)8-6-15/h5-10,12-13H,4,11H2,1-3H3. The molecule has 0 aliphatic rings. The quantitative estimate of drug-likeness (QED) is 0.430. The summed E-state index contributed by atoms with van der Waals surface area (Å²) < 4.78 is 17.0. The van der Waals surface area contributed by atoms with Gasteiger partial charge in [-0.1, -0.05) is 19.1 Å². The topological polar surface area (TPSA) is 61.6 Å². The van der Waals surface area contributed by atoms with Crippen molar-refractivity contribution in [1.29, 1.82) is 0 Å². The van der Waals surface area contributed by atoms with Crippen LogP contribution in [0.4, 0.5) is 0 Å². The molecule has 29 heavy (non-hydrogen) atoms. The summed E-state index contributed by atoms with van der Waals surface area (Å²) in [7, 11) is 1.64. The Morgan fingerprint density at radius 1 is 1.17 bits per heavy atom. The van der Waals surface area contributed by atoms with Gasteiger partial charge in [-0.05, 0) is 42.7 Å². The second-order valence-corrected chi connectivity index (χ2v) is 7.58. The van der Waals surface area contributed by atoms with Crippen molar-refractivity contribution in [3.05, 3.63) is 75.1 Å². The molecule has 4 rings (SSSR count). The molecule has 0 radical (unpaired) electrons. The predicted octanol–water partition coefficient (Wildman–Crippen LogP) is 5.37. The van der Waals surface area contributed by atoms with Gasteiger partial charge in [-0.3, -0.25) is 4.79 Å². The van der Waals surface area contributed by atoms with Crippen LogP contribution in [0.2, 0.25) is 0 Å². The number of nitrogens with zero attached hydrogens (tertiary/aromatic N) is 1. The highest BCUT2D eigenvalue weighted by Gasteiger charge is 2.15. The minimum absolute atomic E-state index is 0.0722. The van der Waals surface area contributed by atoms with Gasteiger partial charge in [0.05, 0.1) is 18.1 Å². The molecule has 0 saturated heterocycles. The molecule has 0 fully saturated rings. The molecular weight excluding hydrogens is 386 g/mol. The Bertz CT molecular complexity index is 1210. The van der Waals surface area contributed by atoms with Gasteiger partial charge >= 0.3 is 0 Å². The Hall–Kier alpha value is -3.12. The zero-order chi connectivity index (χ0) is 20.4. The van der Waals surface area contributed by atoms with Crippen molar-refractivity contribution in [2.45, 2.75) is 26.9 Å². The summed E-state index contributed by atoms with van der Waals surface area (Å²) in [5, 5.41) is 3.15. The third-order valence-corrected chi connectivity index (χ3v) is 5.73. The summed E-state index contributed by atoms with van der Waals surface area (Å²) in [5.41, 5.74) is 3.81. The van der Waals surface area contributed by atoms with Crippen molar-refractivity contribution < 1.29 is 13.9 Å². The summed E-state index contributed by atoms with van der Waals surface area (Å²) >= 11 is 1.44. The SMILES string of the molecule is CCc1cc2c(=O)c(-c3nc(C)cs3)coc2cc1OCc1ccc(OC)cc1. The number of methoxy groups -OCH3 is 1. The molecule has 2 heterocycles. The summed E-state index contributed by atoms with van der Waals surface area (Å²) in [6.45, 7) is 4.37. The number of thiazole rings is 1. The molecular formula is C23H21NO4S. The van der Waals surface area contributed by atoms with Gasteiger partial charge in [0, 0.05) is 17.1 Å². The van der Waals surface area contributed by atoms with Gasteiger partial charge in [0.25, 0.3) is 0 Å². The largest absolute Gasteiger partial charge is 0.497 e. The third kappa shape index (κ3) is 3.89.